The predicted molar refractivity (Wildman–Crippen MR) is 249 cm³/mol. The van der Waals surface area contributed by atoms with Crippen LogP contribution in [0.3, 0.4) is 0 Å². The van der Waals surface area contributed by atoms with Crippen molar-refractivity contribution in [2.24, 2.45) is 0 Å². The maximum atomic E-state index is 5.15. The molecule has 0 aliphatic rings. The van der Waals surface area contributed by atoms with Gasteiger partial charge in [0.1, 0.15) is 0 Å². The second kappa shape index (κ2) is 16.8. The van der Waals surface area contributed by atoms with Crippen LogP contribution in [-0.4, -0.2) is 34.9 Å². The van der Waals surface area contributed by atoms with E-state index < -0.39 is 0 Å². The molecule has 0 radical (unpaired) electrons. The van der Waals surface area contributed by atoms with Crippen LogP contribution >= 0.6 is 0 Å². The highest BCUT2D eigenvalue weighted by atomic mass is 15.0. The third-order valence-corrected chi connectivity index (χ3v) is 10.7. The Bertz CT molecular complexity index is 3060. The van der Waals surface area contributed by atoms with Crippen LogP contribution in [0.4, 0.5) is 0 Å². The topological polar surface area (TPSA) is 90.2 Å². The number of aryl methyl sites for hydroxylation is 2. The van der Waals surface area contributed by atoms with Gasteiger partial charge in [-0.3, -0.25) is 0 Å². The molecule has 0 aliphatic carbocycles. The van der Waals surface area contributed by atoms with Crippen molar-refractivity contribution in [3.63, 3.8) is 0 Å². The van der Waals surface area contributed by atoms with Crippen LogP contribution in [0.1, 0.15) is 11.4 Å². The number of benzene rings is 7. The van der Waals surface area contributed by atoms with Gasteiger partial charge in [0, 0.05) is 50.3 Å². The fourth-order valence-corrected chi connectivity index (χ4v) is 7.71. The molecule has 0 saturated carbocycles. The molecule has 0 spiro atoms. The lowest BCUT2D eigenvalue weighted by molar-refractivity contribution is 1.06. The van der Waals surface area contributed by atoms with Crippen molar-refractivity contribution in [1.82, 2.24) is 34.9 Å². The van der Waals surface area contributed by atoms with Gasteiger partial charge >= 0.3 is 0 Å². The average Bonchev–Trinajstić information content (AvgIpc) is 3.34. The minimum absolute atomic E-state index is 0.591. The molecule has 3 aromatic heterocycles. The van der Waals surface area contributed by atoms with Crippen molar-refractivity contribution < 1.29 is 0 Å². The Kier molecular flexibility index (Phi) is 10.3. The fraction of sp³-hybridized carbons (Fsp3) is 0.0364. The van der Waals surface area contributed by atoms with Crippen molar-refractivity contribution in [2.75, 3.05) is 0 Å². The zero-order chi connectivity index (χ0) is 41.8. The molecule has 0 bridgehead atoms. The second-order valence-corrected chi connectivity index (χ2v) is 15.1. The molecule has 294 valence electrons. The molecule has 0 amide bonds. The zero-order valence-electron chi connectivity index (χ0n) is 34.2. The first-order valence-corrected chi connectivity index (χ1v) is 20.6. The summed E-state index contributed by atoms with van der Waals surface area (Å²) in [5.74, 6) is 3.14. The van der Waals surface area contributed by atoms with Gasteiger partial charge in [-0.05, 0) is 66.4 Å². The van der Waals surface area contributed by atoms with Gasteiger partial charge < -0.3 is 0 Å². The van der Waals surface area contributed by atoms with Gasteiger partial charge in [-0.1, -0.05) is 170 Å². The Morgan fingerprint density at radius 2 is 0.581 bits per heavy atom. The summed E-state index contributed by atoms with van der Waals surface area (Å²) >= 11 is 0. The second-order valence-electron chi connectivity index (χ2n) is 15.1. The highest BCUT2D eigenvalue weighted by molar-refractivity contribution is 5.89. The van der Waals surface area contributed by atoms with E-state index in [0.717, 1.165) is 84.0 Å². The summed E-state index contributed by atoms with van der Waals surface area (Å²) in [5.41, 5.74) is 14.2. The van der Waals surface area contributed by atoms with Crippen molar-refractivity contribution in [2.45, 2.75) is 13.8 Å². The van der Waals surface area contributed by atoms with Crippen LogP contribution in [0.2, 0.25) is 0 Å². The molecule has 0 unspecified atom stereocenters. The third-order valence-electron chi connectivity index (χ3n) is 10.7. The predicted octanol–water partition coefficient (Wildman–Crippen LogP) is 13.1. The highest BCUT2D eigenvalue weighted by Crippen LogP contribution is 2.39. The molecule has 7 heteroatoms. The van der Waals surface area contributed by atoms with Crippen LogP contribution in [0.25, 0.3) is 102 Å². The maximum Gasteiger partial charge on any atom is 0.164 e. The lowest BCUT2D eigenvalue weighted by Crippen LogP contribution is -2.00. The smallest absolute Gasteiger partial charge is 0.164 e. The lowest BCUT2D eigenvalue weighted by Gasteiger charge is -2.15. The standard InChI is InChI=1S/C55H39N7/c1-36-31-37(2)57-53(56-36)46-29-30-47(42-25-15-28-45(32-42)55-61-51(40-21-11-5-12-22-40)60-52(62-55)41-23-13-6-14-24-41)48(34-46)43-26-16-27-44(33-43)54-58-49(38-17-7-3-8-18-38)35-50(59-54)39-19-9-4-10-20-39/h3-35H,1-2H3. The maximum absolute atomic E-state index is 5.15. The van der Waals surface area contributed by atoms with E-state index in [1.807, 2.05) is 117 Å². The summed E-state index contributed by atoms with van der Waals surface area (Å²) in [4.78, 5) is 35.0. The van der Waals surface area contributed by atoms with Crippen molar-refractivity contribution in [3.05, 3.63) is 212 Å². The number of rotatable bonds is 9. The van der Waals surface area contributed by atoms with Gasteiger partial charge in [0.05, 0.1) is 11.4 Å². The number of hydrogen-bond donors (Lipinski definition) is 0. The third kappa shape index (κ3) is 8.03. The first kappa shape index (κ1) is 37.9. The fourth-order valence-electron chi connectivity index (χ4n) is 7.71. The van der Waals surface area contributed by atoms with E-state index in [-0.39, 0.29) is 0 Å². The van der Waals surface area contributed by atoms with Crippen LogP contribution in [-0.2, 0) is 0 Å². The van der Waals surface area contributed by atoms with Crippen LogP contribution < -0.4 is 0 Å². The molecule has 0 saturated heterocycles. The molecule has 10 rings (SSSR count). The molecule has 0 aliphatic heterocycles. The van der Waals surface area contributed by atoms with Gasteiger partial charge in [-0.25, -0.2) is 34.9 Å². The highest BCUT2D eigenvalue weighted by Gasteiger charge is 2.18. The molecule has 0 atom stereocenters. The minimum Gasteiger partial charge on any atom is -0.233 e. The number of nitrogens with zero attached hydrogens (tertiary/aromatic N) is 7. The number of aromatic nitrogens is 7. The molecular weight excluding hydrogens is 759 g/mol. The van der Waals surface area contributed by atoms with E-state index in [2.05, 4.69) is 97.1 Å². The first-order chi connectivity index (χ1) is 30.5. The van der Waals surface area contributed by atoms with Crippen molar-refractivity contribution >= 4 is 0 Å². The summed E-state index contributed by atoms with van der Waals surface area (Å²) in [6, 6.07) is 68.0. The molecule has 7 aromatic carbocycles. The van der Waals surface area contributed by atoms with Gasteiger partial charge in [-0.2, -0.15) is 0 Å². The summed E-state index contributed by atoms with van der Waals surface area (Å²) in [6.07, 6.45) is 0. The molecule has 0 fully saturated rings. The van der Waals surface area contributed by atoms with E-state index in [9.17, 15) is 0 Å². The van der Waals surface area contributed by atoms with Crippen molar-refractivity contribution in [1.29, 1.82) is 0 Å². The summed E-state index contributed by atoms with van der Waals surface area (Å²) in [6.45, 7) is 4.01. The normalized spacial score (nSPS) is 11.1. The van der Waals surface area contributed by atoms with E-state index >= 15 is 0 Å². The zero-order valence-corrected chi connectivity index (χ0v) is 34.2. The average molecular weight is 798 g/mol. The summed E-state index contributed by atoms with van der Waals surface area (Å²) in [7, 11) is 0. The summed E-state index contributed by atoms with van der Waals surface area (Å²) in [5, 5.41) is 0. The largest absolute Gasteiger partial charge is 0.233 e. The van der Waals surface area contributed by atoms with E-state index in [0.29, 0.717) is 29.1 Å². The Hall–Kier alpha value is -8.29. The Labute approximate surface area is 360 Å². The minimum atomic E-state index is 0.591. The van der Waals surface area contributed by atoms with Gasteiger partial charge in [0.25, 0.3) is 0 Å². The Balaban J connectivity index is 1.13. The van der Waals surface area contributed by atoms with Gasteiger partial charge in [0.2, 0.25) is 0 Å². The Morgan fingerprint density at radius 1 is 0.226 bits per heavy atom. The van der Waals surface area contributed by atoms with Gasteiger partial charge in [0.15, 0.2) is 29.1 Å². The van der Waals surface area contributed by atoms with Gasteiger partial charge in [-0.15, -0.1) is 0 Å². The first-order valence-electron chi connectivity index (χ1n) is 20.6. The van der Waals surface area contributed by atoms with Crippen LogP contribution in [0.5, 0.6) is 0 Å². The molecule has 10 aromatic rings. The van der Waals surface area contributed by atoms with E-state index in [4.69, 9.17) is 34.9 Å². The number of hydrogen-bond acceptors (Lipinski definition) is 7. The monoisotopic (exact) mass is 797 g/mol. The van der Waals surface area contributed by atoms with E-state index in [1.54, 1.807) is 0 Å². The Morgan fingerprint density at radius 3 is 1.06 bits per heavy atom. The van der Waals surface area contributed by atoms with E-state index in [1.165, 1.54) is 0 Å². The summed E-state index contributed by atoms with van der Waals surface area (Å²) < 4.78 is 0. The van der Waals surface area contributed by atoms with Crippen molar-refractivity contribution in [3.8, 4) is 102 Å². The quantitative estimate of drug-likeness (QED) is 0.144. The van der Waals surface area contributed by atoms with Crippen LogP contribution in [0.15, 0.2) is 200 Å². The molecular formula is C55H39N7. The SMILES string of the molecule is Cc1cc(C)nc(-c2ccc(-c3cccc(-c4nc(-c5ccccc5)nc(-c5ccccc5)n4)c3)c(-c3cccc(-c4nc(-c5ccccc5)cc(-c5ccccc5)n4)c3)c2)n1. The molecule has 7 nitrogen and oxygen atoms in total. The lowest BCUT2D eigenvalue weighted by atomic mass is 9.91. The molecule has 3 heterocycles. The van der Waals surface area contributed by atoms with Crippen LogP contribution in [0, 0.1) is 13.8 Å². The molecule has 0 N–H and O–H groups in total. The molecule has 62 heavy (non-hydrogen) atoms.